The van der Waals surface area contributed by atoms with Gasteiger partial charge in [0.15, 0.2) is 0 Å². The summed E-state index contributed by atoms with van der Waals surface area (Å²) in [4.78, 5) is 0. The van der Waals surface area contributed by atoms with E-state index >= 15 is 0 Å². The number of aromatic nitrogens is 1. The zero-order valence-corrected chi connectivity index (χ0v) is 17.0. The van der Waals surface area contributed by atoms with Gasteiger partial charge >= 0.3 is 6.18 Å². The summed E-state index contributed by atoms with van der Waals surface area (Å²) in [5, 5.41) is 4.08. The van der Waals surface area contributed by atoms with Gasteiger partial charge < -0.3 is 9.26 Å². The molecule has 3 atom stereocenters. The average molecular weight is 407 g/mol. The summed E-state index contributed by atoms with van der Waals surface area (Å²) in [6.07, 6.45) is 2.03. The molecule has 2 saturated carbocycles. The Hall–Kier alpha value is -1.82. The third-order valence-electron chi connectivity index (χ3n) is 6.29. The molecular formula is C23H28F3NO2. The first-order valence-corrected chi connectivity index (χ1v) is 10.6. The highest BCUT2D eigenvalue weighted by molar-refractivity contribution is 5.68. The van der Waals surface area contributed by atoms with Gasteiger partial charge in [0.05, 0.1) is 18.3 Å². The molecule has 2 fully saturated rings. The van der Waals surface area contributed by atoms with Gasteiger partial charge in [-0.25, -0.2) is 0 Å². The van der Waals surface area contributed by atoms with Gasteiger partial charge in [-0.1, -0.05) is 43.6 Å². The van der Waals surface area contributed by atoms with Crippen molar-refractivity contribution < 1.29 is 22.4 Å². The molecule has 0 saturated heterocycles. The van der Waals surface area contributed by atoms with Crippen LogP contribution in [0.2, 0.25) is 0 Å². The molecule has 6 heteroatoms. The number of hydrogen-bond donors (Lipinski definition) is 0. The van der Waals surface area contributed by atoms with Crippen LogP contribution in [0.25, 0.3) is 11.3 Å². The Morgan fingerprint density at radius 2 is 1.90 bits per heavy atom. The Labute approximate surface area is 169 Å². The van der Waals surface area contributed by atoms with E-state index in [1.807, 2.05) is 0 Å². The summed E-state index contributed by atoms with van der Waals surface area (Å²) in [7, 11) is 0. The Morgan fingerprint density at radius 3 is 2.59 bits per heavy atom. The molecule has 158 valence electrons. The first-order valence-electron chi connectivity index (χ1n) is 10.6. The second-order valence-electron chi connectivity index (χ2n) is 8.71. The van der Waals surface area contributed by atoms with Crippen molar-refractivity contribution >= 4 is 0 Å². The number of hydrogen-bond acceptors (Lipinski definition) is 3. The number of nitrogens with zero attached hydrogens (tertiary/aromatic N) is 1. The van der Waals surface area contributed by atoms with E-state index in [-0.39, 0.29) is 29.9 Å². The normalized spacial score (nSPS) is 25.3. The molecule has 0 amide bonds. The molecule has 2 aliphatic carbocycles. The van der Waals surface area contributed by atoms with Crippen LogP contribution in [-0.4, -0.2) is 11.3 Å². The van der Waals surface area contributed by atoms with Crippen molar-refractivity contribution in [2.24, 2.45) is 11.8 Å². The topological polar surface area (TPSA) is 35.3 Å². The maximum Gasteiger partial charge on any atom is 0.417 e. The fraction of sp³-hybridized carbons (Fsp3) is 0.609. The van der Waals surface area contributed by atoms with E-state index < -0.39 is 11.7 Å². The van der Waals surface area contributed by atoms with Gasteiger partial charge in [0.2, 0.25) is 0 Å². The van der Waals surface area contributed by atoms with Gasteiger partial charge in [-0.3, -0.25) is 0 Å². The zero-order chi connectivity index (χ0) is 20.6. The molecule has 1 unspecified atom stereocenters. The van der Waals surface area contributed by atoms with Crippen LogP contribution in [-0.2, 0) is 17.5 Å². The standard InChI is InChI=1S/C23H28F3NO2/c1-3-15-10-14(2)11-17(12-15)28-13-19-21(27-29-22(19)16-8-9-16)18-6-4-5-7-20(18)23(24,25)26/h4-7,14-17H,3,8-13H2,1-2H3/t14-,15?,17+/m1/s1. The van der Waals surface area contributed by atoms with E-state index in [0.717, 1.165) is 38.2 Å². The monoisotopic (exact) mass is 407 g/mol. The van der Waals surface area contributed by atoms with E-state index in [0.29, 0.717) is 23.2 Å². The van der Waals surface area contributed by atoms with Crippen LogP contribution >= 0.6 is 0 Å². The first kappa shape index (κ1) is 20.5. The molecule has 2 aliphatic rings. The number of halogens is 3. The van der Waals surface area contributed by atoms with E-state index in [2.05, 4.69) is 19.0 Å². The quantitative estimate of drug-likeness (QED) is 0.519. The minimum absolute atomic E-state index is 0.0673. The van der Waals surface area contributed by atoms with Gasteiger partial charge in [-0.15, -0.1) is 0 Å². The summed E-state index contributed by atoms with van der Waals surface area (Å²) in [6, 6.07) is 5.57. The minimum Gasteiger partial charge on any atom is -0.373 e. The smallest absolute Gasteiger partial charge is 0.373 e. The van der Waals surface area contributed by atoms with E-state index in [4.69, 9.17) is 9.26 Å². The molecule has 1 aromatic carbocycles. The lowest BCUT2D eigenvalue weighted by Gasteiger charge is -2.32. The van der Waals surface area contributed by atoms with Crippen LogP contribution in [0.15, 0.2) is 28.8 Å². The number of alkyl halides is 3. The lowest BCUT2D eigenvalue weighted by atomic mass is 9.79. The maximum absolute atomic E-state index is 13.6. The predicted octanol–water partition coefficient (Wildman–Crippen LogP) is 6.97. The summed E-state index contributed by atoms with van der Waals surface area (Å²) >= 11 is 0. The van der Waals surface area contributed by atoms with Crippen molar-refractivity contribution in [3.05, 3.63) is 41.2 Å². The molecule has 0 spiro atoms. The van der Waals surface area contributed by atoms with E-state index in [9.17, 15) is 13.2 Å². The molecule has 1 heterocycles. The van der Waals surface area contributed by atoms with Crippen molar-refractivity contribution in [3.63, 3.8) is 0 Å². The molecular weight excluding hydrogens is 379 g/mol. The van der Waals surface area contributed by atoms with E-state index in [1.165, 1.54) is 18.6 Å². The van der Waals surface area contributed by atoms with Crippen molar-refractivity contribution in [3.8, 4) is 11.3 Å². The van der Waals surface area contributed by atoms with Crippen LogP contribution in [0, 0.1) is 11.8 Å². The Kier molecular flexibility index (Phi) is 5.74. The molecule has 0 aliphatic heterocycles. The molecule has 1 aromatic heterocycles. The van der Waals surface area contributed by atoms with Crippen LogP contribution in [0.5, 0.6) is 0 Å². The fourth-order valence-electron chi connectivity index (χ4n) is 4.63. The van der Waals surface area contributed by atoms with Crippen molar-refractivity contribution in [2.45, 2.75) is 77.2 Å². The lowest BCUT2D eigenvalue weighted by molar-refractivity contribution is -0.137. The highest BCUT2D eigenvalue weighted by atomic mass is 19.4. The molecule has 0 bridgehead atoms. The van der Waals surface area contributed by atoms with Crippen molar-refractivity contribution in [1.82, 2.24) is 5.16 Å². The largest absolute Gasteiger partial charge is 0.417 e. The predicted molar refractivity (Wildman–Crippen MR) is 104 cm³/mol. The van der Waals surface area contributed by atoms with Gasteiger partial charge in [0.25, 0.3) is 0 Å². The van der Waals surface area contributed by atoms with Gasteiger partial charge in [-0.05, 0) is 50.0 Å². The summed E-state index contributed by atoms with van der Waals surface area (Å²) in [6.45, 7) is 4.71. The molecule has 2 aromatic rings. The second-order valence-corrected chi connectivity index (χ2v) is 8.71. The van der Waals surface area contributed by atoms with Crippen LogP contribution in [0.1, 0.15) is 75.2 Å². The van der Waals surface area contributed by atoms with Crippen molar-refractivity contribution in [1.29, 1.82) is 0 Å². The van der Waals surface area contributed by atoms with Gasteiger partial charge in [0.1, 0.15) is 11.5 Å². The van der Waals surface area contributed by atoms with Gasteiger partial charge in [0, 0.05) is 17.0 Å². The SMILES string of the molecule is CCC1C[C@@H](C)C[C@H](OCc2c(-c3ccccc3C(F)(F)F)noc2C2CC2)C1. The molecule has 29 heavy (non-hydrogen) atoms. The lowest BCUT2D eigenvalue weighted by Crippen LogP contribution is -2.27. The Morgan fingerprint density at radius 1 is 1.14 bits per heavy atom. The Bertz CT molecular complexity index is 841. The third kappa shape index (κ3) is 4.52. The highest BCUT2D eigenvalue weighted by Crippen LogP contribution is 2.46. The molecule has 0 N–H and O–H groups in total. The number of rotatable bonds is 6. The van der Waals surface area contributed by atoms with Gasteiger partial charge in [-0.2, -0.15) is 13.2 Å². The highest BCUT2D eigenvalue weighted by Gasteiger charge is 2.38. The van der Waals surface area contributed by atoms with Crippen molar-refractivity contribution in [2.75, 3.05) is 0 Å². The van der Waals surface area contributed by atoms with Crippen LogP contribution in [0.4, 0.5) is 13.2 Å². The first-order chi connectivity index (χ1) is 13.9. The number of ether oxygens (including phenoxy) is 1. The zero-order valence-electron chi connectivity index (χ0n) is 17.0. The maximum atomic E-state index is 13.6. The Balaban J connectivity index is 1.62. The van der Waals surface area contributed by atoms with Crippen LogP contribution in [0.3, 0.4) is 0 Å². The second kappa shape index (κ2) is 8.13. The summed E-state index contributed by atoms with van der Waals surface area (Å²) in [5.41, 5.74) is 0.345. The third-order valence-corrected chi connectivity index (χ3v) is 6.29. The minimum atomic E-state index is -4.44. The average Bonchev–Trinajstić information content (AvgIpc) is 3.44. The van der Waals surface area contributed by atoms with E-state index in [1.54, 1.807) is 6.07 Å². The summed E-state index contributed by atoms with van der Waals surface area (Å²) < 4.78 is 52.5. The number of benzene rings is 1. The summed E-state index contributed by atoms with van der Waals surface area (Å²) in [5.74, 6) is 2.21. The fourth-order valence-corrected chi connectivity index (χ4v) is 4.63. The molecule has 4 rings (SSSR count). The van der Waals surface area contributed by atoms with Crippen LogP contribution < -0.4 is 0 Å². The molecule has 0 radical (unpaired) electrons. The molecule has 3 nitrogen and oxygen atoms in total.